The maximum Gasteiger partial charge on any atom is 0.239 e. The first kappa shape index (κ1) is 11.5. The van der Waals surface area contributed by atoms with Crippen LogP contribution in [0, 0.1) is 11.8 Å². The average molecular weight is 238 g/mol. The summed E-state index contributed by atoms with van der Waals surface area (Å²) in [4.78, 5) is 14.4. The minimum absolute atomic E-state index is 0.0858. The highest BCUT2D eigenvalue weighted by Crippen LogP contribution is 2.29. The van der Waals surface area contributed by atoms with E-state index in [2.05, 4.69) is 10.2 Å². The lowest BCUT2D eigenvalue weighted by Crippen LogP contribution is -2.52. The molecule has 3 aliphatic rings. The summed E-state index contributed by atoms with van der Waals surface area (Å²) >= 11 is 0. The summed E-state index contributed by atoms with van der Waals surface area (Å²) in [6.07, 6.45) is 4.54. The summed E-state index contributed by atoms with van der Waals surface area (Å²) < 4.78 is 5.51. The lowest BCUT2D eigenvalue weighted by Gasteiger charge is -2.37. The number of hydrogen-bond donors (Lipinski definition) is 1. The van der Waals surface area contributed by atoms with Gasteiger partial charge in [-0.3, -0.25) is 4.79 Å². The molecule has 1 amide bonds. The van der Waals surface area contributed by atoms with Gasteiger partial charge in [0.25, 0.3) is 0 Å². The first-order chi connectivity index (χ1) is 8.34. The van der Waals surface area contributed by atoms with Crippen LogP contribution in [-0.2, 0) is 9.53 Å². The molecule has 0 saturated carbocycles. The quantitative estimate of drug-likeness (QED) is 0.728. The van der Waals surface area contributed by atoms with Gasteiger partial charge in [-0.15, -0.1) is 0 Å². The van der Waals surface area contributed by atoms with Gasteiger partial charge in [-0.1, -0.05) is 6.42 Å². The van der Waals surface area contributed by atoms with E-state index in [4.69, 9.17) is 4.74 Å². The van der Waals surface area contributed by atoms with Crippen molar-refractivity contribution in [3.05, 3.63) is 0 Å². The van der Waals surface area contributed by atoms with Gasteiger partial charge in [-0.05, 0) is 31.7 Å². The van der Waals surface area contributed by atoms with Crippen molar-refractivity contribution >= 4 is 5.91 Å². The number of ether oxygens (including phenoxy) is 1. The normalized spacial score (nSPS) is 37.9. The third-order valence-corrected chi connectivity index (χ3v) is 4.48. The van der Waals surface area contributed by atoms with Gasteiger partial charge in [0.05, 0.1) is 12.6 Å². The second-order valence-corrected chi connectivity index (χ2v) is 5.63. The maximum absolute atomic E-state index is 12.4. The molecule has 3 fully saturated rings. The van der Waals surface area contributed by atoms with Gasteiger partial charge in [-0.25, -0.2) is 0 Å². The molecule has 3 heterocycles. The molecule has 3 aliphatic heterocycles. The van der Waals surface area contributed by atoms with E-state index in [9.17, 15) is 4.79 Å². The number of piperidine rings is 2. The van der Waals surface area contributed by atoms with Gasteiger partial charge in [0.1, 0.15) is 0 Å². The Bertz CT molecular complexity index is 289. The summed E-state index contributed by atoms with van der Waals surface area (Å²) in [5.74, 6) is 1.63. The minimum Gasteiger partial charge on any atom is -0.381 e. The monoisotopic (exact) mass is 238 g/mol. The number of rotatable bonds is 1. The molecule has 0 aromatic heterocycles. The molecule has 0 aromatic rings. The number of amides is 1. The van der Waals surface area contributed by atoms with E-state index in [1.807, 2.05) is 0 Å². The van der Waals surface area contributed by atoms with Crippen molar-refractivity contribution in [3.63, 3.8) is 0 Å². The van der Waals surface area contributed by atoms with Gasteiger partial charge >= 0.3 is 0 Å². The number of carbonyl (C=O) groups is 1. The molecule has 3 atom stereocenters. The molecule has 96 valence electrons. The Morgan fingerprint density at radius 3 is 2.88 bits per heavy atom. The Morgan fingerprint density at radius 2 is 2.06 bits per heavy atom. The highest BCUT2D eigenvalue weighted by atomic mass is 16.5. The van der Waals surface area contributed by atoms with Crippen molar-refractivity contribution in [2.45, 2.75) is 31.7 Å². The zero-order valence-electron chi connectivity index (χ0n) is 10.4. The molecule has 4 nitrogen and oxygen atoms in total. The van der Waals surface area contributed by atoms with Crippen LogP contribution in [0.1, 0.15) is 25.7 Å². The Hall–Kier alpha value is -0.610. The van der Waals surface area contributed by atoms with Crippen LogP contribution in [0.4, 0.5) is 0 Å². The zero-order valence-corrected chi connectivity index (χ0v) is 10.4. The van der Waals surface area contributed by atoms with Crippen molar-refractivity contribution in [1.82, 2.24) is 10.2 Å². The lowest BCUT2D eigenvalue weighted by molar-refractivity contribution is -0.136. The van der Waals surface area contributed by atoms with Crippen molar-refractivity contribution in [3.8, 4) is 0 Å². The predicted molar refractivity (Wildman–Crippen MR) is 64.6 cm³/mol. The van der Waals surface area contributed by atoms with Crippen LogP contribution in [0.3, 0.4) is 0 Å². The van der Waals surface area contributed by atoms with Crippen LogP contribution >= 0.6 is 0 Å². The second-order valence-electron chi connectivity index (χ2n) is 5.63. The summed E-state index contributed by atoms with van der Waals surface area (Å²) in [5.41, 5.74) is 0. The van der Waals surface area contributed by atoms with Crippen molar-refractivity contribution in [2.24, 2.45) is 11.8 Å². The highest BCUT2D eigenvalue weighted by molar-refractivity contribution is 5.82. The Balaban J connectivity index is 1.58. The molecule has 1 N–H and O–H groups in total. The molecule has 4 heteroatoms. The minimum atomic E-state index is 0.0858. The Kier molecular flexibility index (Phi) is 3.34. The standard InChI is InChI=1S/C13H22N2O2/c16-13(12-3-1-2-5-14-12)15-6-4-10-8-17-9-11(10)7-15/h10-12,14H,1-9H2. The van der Waals surface area contributed by atoms with Crippen LogP contribution in [-0.4, -0.2) is 49.7 Å². The SMILES string of the molecule is O=C(C1CCCCN1)N1CCC2COCC2C1. The molecule has 17 heavy (non-hydrogen) atoms. The summed E-state index contributed by atoms with van der Waals surface area (Å²) in [7, 11) is 0. The smallest absolute Gasteiger partial charge is 0.239 e. The number of nitrogens with one attached hydrogen (secondary N) is 1. The molecule has 0 bridgehead atoms. The van der Waals surface area contributed by atoms with E-state index in [-0.39, 0.29) is 6.04 Å². The fraction of sp³-hybridized carbons (Fsp3) is 0.923. The summed E-state index contributed by atoms with van der Waals surface area (Å²) in [6, 6.07) is 0.0858. The van der Waals surface area contributed by atoms with E-state index in [0.29, 0.717) is 17.7 Å². The van der Waals surface area contributed by atoms with Gasteiger partial charge in [0.2, 0.25) is 5.91 Å². The lowest BCUT2D eigenvalue weighted by atomic mass is 9.88. The number of likely N-dealkylation sites (tertiary alicyclic amines) is 1. The van der Waals surface area contributed by atoms with Crippen LogP contribution < -0.4 is 5.32 Å². The van der Waals surface area contributed by atoms with E-state index >= 15 is 0 Å². The number of hydrogen-bond acceptors (Lipinski definition) is 3. The van der Waals surface area contributed by atoms with Gasteiger partial charge in [0, 0.05) is 25.6 Å². The van der Waals surface area contributed by atoms with Gasteiger partial charge < -0.3 is 15.0 Å². The molecular weight excluding hydrogens is 216 g/mol. The number of fused-ring (bicyclic) bond motifs is 1. The molecule has 3 saturated heterocycles. The summed E-state index contributed by atoms with van der Waals surface area (Å²) in [5, 5.41) is 3.35. The van der Waals surface area contributed by atoms with E-state index in [1.54, 1.807) is 0 Å². The first-order valence-corrected chi connectivity index (χ1v) is 6.94. The van der Waals surface area contributed by atoms with Crippen LogP contribution in [0.15, 0.2) is 0 Å². The zero-order chi connectivity index (χ0) is 11.7. The highest BCUT2D eigenvalue weighted by Gasteiger charge is 2.37. The third-order valence-electron chi connectivity index (χ3n) is 4.48. The predicted octanol–water partition coefficient (Wildman–Crippen LogP) is 0.623. The topological polar surface area (TPSA) is 41.6 Å². The third kappa shape index (κ3) is 2.33. The first-order valence-electron chi connectivity index (χ1n) is 6.94. The van der Waals surface area contributed by atoms with Gasteiger partial charge in [0.15, 0.2) is 0 Å². The van der Waals surface area contributed by atoms with Crippen LogP contribution in [0.2, 0.25) is 0 Å². The van der Waals surface area contributed by atoms with Gasteiger partial charge in [-0.2, -0.15) is 0 Å². The average Bonchev–Trinajstić information content (AvgIpc) is 2.86. The van der Waals surface area contributed by atoms with E-state index in [0.717, 1.165) is 45.7 Å². The molecular formula is C13H22N2O2. The van der Waals surface area contributed by atoms with Crippen molar-refractivity contribution < 1.29 is 9.53 Å². The van der Waals surface area contributed by atoms with E-state index < -0.39 is 0 Å². The van der Waals surface area contributed by atoms with E-state index in [1.165, 1.54) is 12.8 Å². The van der Waals surface area contributed by atoms with Crippen LogP contribution in [0.25, 0.3) is 0 Å². The number of carbonyl (C=O) groups excluding carboxylic acids is 1. The number of nitrogens with zero attached hydrogens (tertiary/aromatic N) is 1. The summed E-state index contributed by atoms with van der Waals surface area (Å²) in [6.45, 7) is 4.61. The maximum atomic E-state index is 12.4. The largest absolute Gasteiger partial charge is 0.381 e. The second kappa shape index (κ2) is 4.94. The molecule has 3 unspecified atom stereocenters. The Labute approximate surface area is 103 Å². The molecule has 0 aromatic carbocycles. The van der Waals surface area contributed by atoms with Crippen molar-refractivity contribution in [2.75, 3.05) is 32.8 Å². The molecule has 0 aliphatic carbocycles. The fourth-order valence-electron chi connectivity index (χ4n) is 3.34. The van der Waals surface area contributed by atoms with Crippen molar-refractivity contribution in [1.29, 1.82) is 0 Å². The Morgan fingerprint density at radius 1 is 1.18 bits per heavy atom. The molecule has 0 radical (unpaired) electrons. The molecule has 0 spiro atoms. The van der Waals surface area contributed by atoms with Crippen LogP contribution in [0.5, 0.6) is 0 Å². The molecule has 3 rings (SSSR count). The fourth-order valence-corrected chi connectivity index (χ4v) is 3.34.